The standard InChI is InChI=1S/C23H30FN7O6/c1-15-25-11-22(31(35)36)29(15)13-18(33)12-27-5-7-28(8-6-27)21-4-3-17(9-20(21)24)30-14-19(37-23(30)34)10-26-16(2)32/h3-4,9,11,18-19,33H,5-8,10,12-14H2,1-2H3,(H,26,32)/t18-,19?/m1/s1. The Morgan fingerprint density at radius 3 is 2.70 bits per heavy atom. The minimum atomic E-state index is -0.830. The van der Waals surface area contributed by atoms with E-state index < -0.39 is 29.0 Å². The predicted octanol–water partition coefficient (Wildman–Crippen LogP) is 0.883. The van der Waals surface area contributed by atoms with Crippen LogP contribution in [-0.2, 0) is 16.1 Å². The monoisotopic (exact) mass is 519 g/mol. The van der Waals surface area contributed by atoms with Gasteiger partial charge in [0.2, 0.25) is 5.91 Å². The Morgan fingerprint density at radius 1 is 1.32 bits per heavy atom. The number of hydrogen-bond donors (Lipinski definition) is 2. The van der Waals surface area contributed by atoms with E-state index in [-0.39, 0.29) is 31.4 Å². The number of hydrogen-bond acceptors (Lipinski definition) is 9. The summed E-state index contributed by atoms with van der Waals surface area (Å²) in [6.45, 7) is 6.01. The lowest BCUT2D eigenvalue weighted by Crippen LogP contribution is -2.49. The number of carbonyl (C=O) groups excluding carboxylic acids is 2. The number of cyclic esters (lactones) is 1. The number of nitro groups is 1. The molecule has 0 radical (unpaired) electrons. The molecule has 2 aliphatic rings. The molecule has 14 heteroatoms. The minimum Gasteiger partial charge on any atom is -0.442 e. The molecule has 0 saturated carbocycles. The molecule has 200 valence electrons. The lowest BCUT2D eigenvalue weighted by atomic mass is 10.2. The number of amides is 2. The zero-order valence-electron chi connectivity index (χ0n) is 20.7. The van der Waals surface area contributed by atoms with Gasteiger partial charge in [0.1, 0.15) is 30.8 Å². The molecule has 2 fully saturated rings. The van der Waals surface area contributed by atoms with E-state index in [2.05, 4.69) is 10.3 Å². The highest BCUT2D eigenvalue weighted by molar-refractivity contribution is 5.90. The molecule has 2 amide bonds. The van der Waals surface area contributed by atoms with Crippen LogP contribution in [0.5, 0.6) is 0 Å². The van der Waals surface area contributed by atoms with E-state index in [4.69, 9.17) is 4.74 Å². The minimum absolute atomic E-state index is 0.0586. The number of halogens is 1. The first-order valence-electron chi connectivity index (χ1n) is 12.0. The van der Waals surface area contributed by atoms with E-state index in [9.17, 15) is 24.8 Å². The number of β-amino-alcohol motifs (C(OH)–C–C–N with tert-alkyl or cyclic N) is 1. The highest BCUT2D eigenvalue weighted by Crippen LogP contribution is 2.28. The molecule has 13 nitrogen and oxygen atoms in total. The topological polar surface area (TPSA) is 146 Å². The molecule has 2 N–H and O–H groups in total. The predicted molar refractivity (Wildman–Crippen MR) is 131 cm³/mol. The number of benzene rings is 1. The number of ether oxygens (including phenoxy) is 1. The quantitative estimate of drug-likeness (QED) is 0.364. The maximum absolute atomic E-state index is 15.0. The second kappa shape index (κ2) is 11.1. The van der Waals surface area contributed by atoms with Gasteiger partial charge in [0, 0.05) is 46.6 Å². The summed E-state index contributed by atoms with van der Waals surface area (Å²) >= 11 is 0. The van der Waals surface area contributed by atoms with Gasteiger partial charge in [0.25, 0.3) is 0 Å². The Labute approximate surface area is 212 Å². The Kier molecular flexibility index (Phi) is 7.88. The molecular formula is C23H30FN7O6. The number of aryl methyl sites for hydroxylation is 1. The van der Waals surface area contributed by atoms with E-state index in [0.29, 0.717) is 49.9 Å². The van der Waals surface area contributed by atoms with Crippen LogP contribution in [0.4, 0.5) is 26.4 Å². The largest absolute Gasteiger partial charge is 0.442 e. The van der Waals surface area contributed by atoms with Crippen LogP contribution in [0, 0.1) is 22.9 Å². The van der Waals surface area contributed by atoms with E-state index in [0.717, 1.165) is 0 Å². The smallest absolute Gasteiger partial charge is 0.414 e. The third-order valence-electron chi connectivity index (χ3n) is 6.49. The van der Waals surface area contributed by atoms with Gasteiger partial charge in [-0.3, -0.25) is 14.6 Å². The summed E-state index contributed by atoms with van der Waals surface area (Å²) in [7, 11) is 0. The number of aromatic nitrogens is 2. The van der Waals surface area contributed by atoms with Crippen molar-refractivity contribution in [3.63, 3.8) is 0 Å². The summed E-state index contributed by atoms with van der Waals surface area (Å²) in [4.78, 5) is 43.2. The molecule has 2 atom stereocenters. The van der Waals surface area contributed by atoms with Gasteiger partial charge in [-0.05, 0) is 23.1 Å². The maximum Gasteiger partial charge on any atom is 0.414 e. The molecule has 1 aromatic carbocycles. The van der Waals surface area contributed by atoms with Gasteiger partial charge in [-0.15, -0.1) is 0 Å². The van der Waals surface area contributed by atoms with Crippen LogP contribution >= 0.6 is 0 Å². The van der Waals surface area contributed by atoms with Crippen molar-refractivity contribution in [1.29, 1.82) is 0 Å². The summed E-state index contributed by atoms with van der Waals surface area (Å²) in [6, 6.07) is 4.59. The van der Waals surface area contributed by atoms with Crippen molar-refractivity contribution in [1.82, 2.24) is 19.8 Å². The molecular weight excluding hydrogens is 489 g/mol. The van der Waals surface area contributed by atoms with Gasteiger partial charge in [-0.25, -0.2) is 18.7 Å². The van der Waals surface area contributed by atoms with Crippen LogP contribution in [0.2, 0.25) is 0 Å². The van der Waals surface area contributed by atoms with Gasteiger partial charge < -0.3 is 30.2 Å². The lowest BCUT2D eigenvalue weighted by molar-refractivity contribution is -0.392. The first-order valence-corrected chi connectivity index (χ1v) is 12.0. The number of rotatable bonds is 9. The normalized spacial score (nSPS) is 19.1. The van der Waals surface area contributed by atoms with E-state index >= 15 is 4.39 Å². The molecule has 0 aliphatic carbocycles. The van der Waals surface area contributed by atoms with Gasteiger partial charge in [0.15, 0.2) is 5.82 Å². The number of nitrogens with one attached hydrogen (secondary N) is 1. The Balaban J connectivity index is 1.30. The molecule has 4 rings (SSSR count). The Bertz CT molecular complexity index is 1170. The molecule has 0 spiro atoms. The van der Waals surface area contributed by atoms with Gasteiger partial charge in [-0.1, -0.05) is 0 Å². The summed E-state index contributed by atoms with van der Waals surface area (Å²) < 4.78 is 21.7. The van der Waals surface area contributed by atoms with Crippen molar-refractivity contribution in [3.8, 4) is 0 Å². The average molecular weight is 520 g/mol. The van der Waals surface area contributed by atoms with E-state index in [1.807, 2.05) is 9.80 Å². The summed E-state index contributed by atoms with van der Waals surface area (Å²) in [6.07, 6.45) is -0.751. The van der Waals surface area contributed by atoms with Crippen LogP contribution in [0.3, 0.4) is 0 Å². The lowest BCUT2D eigenvalue weighted by Gasteiger charge is -2.37. The molecule has 1 aromatic heterocycles. The number of anilines is 2. The highest BCUT2D eigenvalue weighted by atomic mass is 19.1. The number of carbonyl (C=O) groups is 2. The molecule has 2 aromatic rings. The van der Waals surface area contributed by atoms with Crippen LogP contribution in [0.15, 0.2) is 24.4 Å². The molecule has 3 heterocycles. The number of piperazine rings is 1. The van der Waals surface area contributed by atoms with Gasteiger partial charge in [-0.2, -0.15) is 0 Å². The van der Waals surface area contributed by atoms with Crippen molar-refractivity contribution >= 4 is 29.2 Å². The maximum atomic E-state index is 15.0. The second-order valence-corrected chi connectivity index (χ2v) is 9.16. The first-order chi connectivity index (χ1) is 17.6. The Hall–Kier alpha value is -3.78. The van der Waals surface area contributed by atoms with E-state index in [1.54, 1.807) is 19.1 Å². The highest BCUT2D eigenvalue weighted by Gasteiger charge is 2.33. The molecule has 1 unspecified atom stereocenters. The SMILES string of the molecule is CC(=O)NCC1CN(c2ccc(N3CCN(C[C@@H](O)Cn4c([N+](=O)[O-])cnc4C)CC3)c(F)c2)C(=O)O1. The van der Waals surface area contributed by atoms with Crippen molar-refractivity contribution in [2.45, 2.75) is 32.6 Å². The average Bonchev–Trinajstić information content (AvgIpc) is 3.40. The van der Waals surface area contributed by atoms with Crippen LogP contribution in [0.1, 0.15) is 12.7 Å². The molecule has 37 heavy (non-hydrogen) atoms. The van der Waals surface area contributed by atoms with Crippen LogP contribution < -0.4 is 15.1 Å². The van der Waals surface area contributed by atoms with Crippen LogP contribution in [-0.4, -0.2) is 94.5 Å². The second-order valence-electron chi connectivity index (χ2n) is 9.16. The number of aliphatic hydroxyl groups is 1. The van der Waals surface area contributed by atoms with Crippen molar-refractivity contribution in [3.05, 3.63) is 46.2 Å². The number of aliphatic hydroxyl groups excluding tert-OH is 1. The zero-order valence-corrected chi connectivity index (χ0v) is 20.7. The molecule has 2 saturated heterocycles. The fourth-order valence-electron chi connectivity index (χ4n) is 4.58. The number of nitrogens with zero attached hydrogens (tertiary/aromatic N) is 6. The zero-order chi connectivity index (χ0) is 26.7. The summed E-state index contributed by atoms with van der Waals surface area (Å²) in [5.41, 5.74) is 0.790. The number of imidazole rings is 1. The molecule has 0 bridgehead atoms. The summed E-state index contributed by atoms with van der Waals surface area (Å²) in [5.74, 6) is -0.394. The van der Waals surface area contributed by atoms with Crippen LogP contribution in [0.25, 0.3) is 0 Å². The summed E-state index contributed by atoms with van der Waals surface area (Å²) in [5, 5.41) is 24.3. The third-order valence-corrected chi connectivity index (χ3v) is 6.49. The fraction of sp³-hybridized carbons (Fsp3) is 0.522. The fourth-order valence-corrected chi connectivity index (χ4v) is 4.58. The first kappa shape index (κ1) is 26.3. The van der Waals surface area contributed by atoms with Crippen molar-refractivity contribution < 1.29 is 28.7 Å². The van der Waals surface area contributed by atoms with Gasteiger partial charge in [0.05, 0.1) is 24.5 Å². The van der Waals surface area contributed by atoms with Gasteiger partial charge >= 0.3 is 11.9 Å². The molecule has 2 aliphatic heterocycles. The Morgan fingerprint density at radius 2 is 2.05 bits per heavy atom. The van der Waals surface area contributed by atoms with Crippen molar-refractivity contribution in [2.24, 2.45) is 0 Å². The van der Waals surface area contributed by atoms with Crippen molar-refractivity contribution in [2.75, 3.05) is 55.6 Å². The third kappa shape index (κ3) is 6.14. The van der Waals surface area contributed by atoms with E-state index in [1.165, 1.54) is 28.7 Å².